The number of methoxy groups -OCH3 is 2. The number of aliphatic hydroxyl groups is 1. The van der Waals surface area contributed by atoms with E-state index >= 15 is 0 Å². The van der Waals surface area contributed by atoms with Gasteiger partial charge < -0.3 is 19.9 Å². The molecule has 2 N–H and O–H groups in total. The van der Waals surface area contributed by atoms with Gasteiger partial charge in [0.05, 0.1) is 19.8 Å². The predicted octanol–water partition coefficient (Wildman–Crippen LogP) is 0.366. The van der Waals surface area contributed by atoms with E-state index in [4.69, 9.17) is 14.7 Å². The normalized spacial score (nSPS) is 16.8. The summed E-state index contributed by atoms with van der Waals surface area (Å²) in [5.74, 6) is 0.954. The number of benzene rings is 1. The van der Waals surface area contributed by atoms with Gasteiger partial charge in [0.1, 0.15) is 23.2 Å². The van der Waals surface area contributed by atoms with Crippen LogP contribution in [0, 0.1) is 11.3 Å². The lowest BCUT2D eigenvalue weighted by atomic mass is 9.86. The maximum absolute atomic E-state index is 10.3. The average molecular weight is 234 g/mol. The second-order valence-electron chi connectivity index (χ2n) is 4.00. The third kappa shape index (κ3) is 1.82. The van der Waals surface area contributed by atoms with E-state index in [1.54, 1.807) is 12.1 Å². The van der Waals surface area contributed by atoms with Crippen LogP contribution in [-0.2, 0) is 5.60 Å². The van der Waals surface area contributed by atoms with Crippen LogP contribution in [0.1, 0.15) is 11.1 Å². The number of hydrogen-bond acceptors (Lipinski definition) is 5. The van der Waals surface area contributed by atoms with Crippen molar-refractivity contribution in [1.29, 1.82) is 5.26 Å². The Kier molecular flexibility index (Phi) is 2.92. The molecular weight excluding hydrogens is 220 g/mol. The van der Waals surface area contributed by atoms with Crippen molar-refractivity contribution in [2.75, 3.05) is 27.3 Å². The zero-order valence-electron chi connectivity index (χ0n) is 9.78. The van der Waals surface area contributed by atoms with Crippen molar-refractivity contribution in [3.63, 3.8) is 0 Å². The Morgan fingerprint density at radius 2 is 1.94 bits per heavy atom. The Morgan fingerprint density at radius 3 is 2.35 bits per heavy atom. The molecule has 1 aromatic rings. The van der Waals surface area contributed by atoms with Gasteiger partial charge in [-0.1, -0.05) is 0 Å². The van der Waals surface area contributed by atoms with Gasteiger partial charge in [0, 0.05) is 24.7 Å². The third-order valence-corrected chi connectivity index (χ3v) is 2.98. The molecule has 0 radical (unpaired) electrons. The fourth-order valence-corrected chi connectivity index (χ4v) is 1.90. The van der Waals surface area contributed by atoms with Gasteiger partial charge in [-0.3, -0.25) is 0 Å². The molecular formula is C12H14N2O3. The van der Waals surface area contributed by atoms with Crippen molar-refractivity contribution >= 4 is 0 Å². The van der Waals surface area contributed by atoms with Crippen molar-refractivity contribution in [2.24, 2.45) is 0 Å². The van der Waals surface area contributed by atoms with Gasteiger partial charge in [-0.15, -0.1) is 0 Å². The van der Waals surface area contributed by atoms with Crippen LogP contribution in [-0.4, -0.2) is 32.4 Å². The topological polar surface area (TPSA) is 74.5 Å². The van der Waals surface area contributed by atoms with Gasteiger partial charge in [-0.05, 0) is 6.07 Å². The van der Waals surface area contributed by atoms with Gasteiger partial charge in [0.2, 0.25) is 0 Å². The molecule has 1 aromatic carbocycles. The molecule has 0 atom stereocenters. The third-order valence-electron chi connectivity index (χ3n) is 2.98. The molecule has 0 saturated carbocycles. The van der Waals surface area contributed by atoms with Gasteiger partial charge in [0.25, 0.3) is 0 Å². The van der Waals surface area contributed by atoms with Crippen LogP contribution in [0.2, 0.25) is 0 Å². The van der Waals surface area contributed by atoms with Crippen LogP contribution in [0.25, 0.3) is 0 Å². The van der Waals surface area contributed by atoms with Crippen molar-refractivity contribution < 1.29 is 14.6 Å². The highest BCUT2D eigenvalue weighted by Crippen LogP contribution is 2.37. The van der Waals surface area contributed by atoms with E-state index in [9.17, 15) is 5.11 Å². The smallest absolute Gasteiger partial charge is 0.137 e. The molecule has 1 aliphatic rings. The summed E-state index contributed by atoms with van der Waals surface area (Å²) in [4.78, 5) is 0. The Labute approximate surface area is 99.6 Å². The summed E-state index contributed by atoms with van der Waals surface area (Å²) in [6.45, 7) is 0.941. The Hall–Kier alpha value is -1.77. The van der Waals surface area contributed by atoms with Gasteiger partial charge >= 0.3 is 0 Å². The fraction of sp³-hybridized carbons (Fsp3) is 0.417. The summed E-state index contributed by atoms with van der Waals surface area (Å²) >= 11 is 0. The molecule has 2 rings (SSSR count). The molecule has 5 nitrogen and oxygen atoms in total. The van der Waals surface area contributed by atoms with Crippen LogP contribution >= 0.6 is 0 Å². The van der Waals surface area contributed by atoms with Gasteiger partial charge in [-0.2, -0.15) is 5.26 Å². The monoisotopic (exact) mass is 234 g/mol. The van der Waals surface area contributed by atoms with E-state index in [0.717, 1.165) is 0 Å². The molecule has 0 bridgehead atoms. The largest absolute Gasteiger partial charge is 0.496 e. The summed E-state index contributed by atoms with van der Waals surface area (Å²) in [5.41, 5.74) is 0.102. The van der Waals surface area contributed by atoms with Crippen molar-refractivity contribution in [3.05, 3.63) is 23.3 Å². The molecule has 1 aliphatic heterocycles. The molecule has 0 amide bonds. The molecule has 0 spiro atoms. The van der Waals surface area contributed by atoms with E-state index in [1.165, 1.54) is 14.2 Å². The van der Waals surface area contributed by atoms with Crippen LogP contribution in [0.15, 0.2) is 12.1 Å². The first-order valence-electron chi connectivity index (χ1n) is 5.24. The minimum absolute atomic E-state index is 0.393. The molecule has 0 aromatic heterocycles. The van der Waals surface area contributed by atoms with Crippen LogP contribution in [0.3, 0.4) is 0 Å². The number of nitrogens with one attached hydrogen (secondary N) is 1. The summed E-state index contributed by atoms with van der Waals surface area (Å²) < 4.78 is 10.3. The number of hydrogen-bond donors (Lipinski definition) is 2. The summed E-state index contributed by atoms with van der Waals surface area (Å²) in [7, 11) is 3.01. The Morgan fingerprint density at radius 1 is 1.29 bits per heavy atom. The Balaban J connectivity index is 2.54. The van der Waals surface area contributed by atoms with E-state index in [0.29, 0.717) is 35.7 Å². The maximum Gasteiger partial charge on any atom is 0.137 e. The van der Waals surface area contributed by atoms with E-state index in [2.05, 4.69) is 5.32 Å². The highest BCUT2D eigenvalue weighted by Gasteiger charge is 2.39. The van der Waals surface area contributed by atoms with E-state index < -0.39 is 5.60 Å². The standard InChI is InChI=1S/C12H14N2O3/c1-16-10-4-9(12(15)6-14-7-12)11(17-2)3-8(10)5-13/h3-4,14-15H,6-7H2,1-2H3. The second kappa shape index (κ2) is 4.24. The zero-order chi connectivity index (χ0) is 12.5. The van der Waals surface area contributed by atoms with E-state index in [1.807, 2.05) is 6.07 Å². The maximum atomic E-state index is 10.3. The number of nitriles is 1. The summed E-state index contributed by atoms with van der Waals surface area (Å²) in [5, 5.41) is 22.3. The van der Waals surface area contributed by atoms with Crippen LogP contribution < -0.4 is 14.8 Å². The molecule has 1 saturated heterocycles. The predicted molar refractivity (Wildman–Crippen MR) is 61.0 cm³/mol. The second-order valence-corrected chi connectivity index (χ2v) is 4.00. The lowest BCUT2D eigenvalue weighted by Gasteiger charge is -2.38. The highest BCUT2D eigenvalue weighted by atomic mass is 16.5. The number of ether oxygens (including phenoxy) is 2. The molecule has 1 fully saturated rings. The van der Waals surface area contributed by atoms with Crippen molar-refractivity contribution in [1.82, 2.24) is 5.32 Å². The summed E-state index contributed by atoms with van der Waals surface area (Å²) in [6, 6.07) is 5.29. The quantitative estimate of drug-likeness (QED) is 0.790. The first kappa shape index (κ1) is 11.7. The van der Waals surface area contributed by atoms with Crippen LogP contribution in [0.5, 0.6) is 11.5 Å². The van der Waals surface area contributed by atoms with Crippen LogP contribution in [0.4, 0.5) is 0 Å². The minimum Gasteiger partial charge on any atom is -0.496 e. The van der Waals surface area contributed by atoms with E-state index in [-0.39, 0.29) is 0 Å². The highest BCUT2D eigenvalue weighted by molar-refractivity contribution is 5.54. The molecule has 5 heteroatoms. The number of nitrogens with zero attached hydrogens (tertiary/aromatic N) is 1. The van der Waals surface area contributed by atoms with Crippen molar-refractivity contribution in [3.8, 4) is 17.6 Å². The van der Waals surface area contributed by atoms with Crippen molar-refractivity contribution in [2.45, 2.75) is 5.60 Å². The molecule has 0 unspecified atom stereocenters. The number of rotatable bonds is 3. The molecule has 17 heavy (non-hydrogen) atoms. The summed E-state index contributed by atoms with van der Waals surface area (Å²) in [6.07, 6.45) is 0. The SMILES string of the molecule is COc1cc(C2(O)CNC2)c(OC)cc1C#N. The zero-order valence-corrected chi connectivity index (χ0v) is 9.78. The fourth-order valence-electron chi connectivity index (χ4n) is 1.90. The average Bonchev–Trinajstić information content (AvgIpc) is 2.34. The molecule has 90 valence electrons. The Bertz CT molecular complexity index is 475. The first-order valence-corrected chi connectivity index (χ1v) is 5.24. The lowest BCUT2D eigenvalue weighted by Crippen LogP contribution is -2.56. The minimum atomic E-state index is -0.938. The van der Waals surface area contributed by atoms with Gasteiger partial charge in [-0.25, -0.2) is 0 Å². The number of β-amino-alcohol motifs (C(OH)–C–C–N with tert-alkyl or cyclic N) is 1. The molecule has 0 aliphatic carbocycles. The first-order chi connectivity index (χ1) is 8.14. The lowest BCUT2D eigenvalue weighted by molar-refractivity contribution is -0.0166. The molecule has 1 heterocycles. The van der Waals surface area contributed by atoms with Gasteiger partial charge in [0.15, 0.2) is 0 Å².